The van der Waals surface area contributed by atoms with E-state index in [1.807, 2.05) is 0 Å². The fraction of sp³-hybridized carbons (Fsp3) is 0.700. The van der Waals surface area contributed by atoms with E-state index >= 15 is 0 Å². The molecule has 2 N–H and O–H groups in total. The molecule has 2 rings (SSSR count). The van der Waals surface area contributed by atoms with Crippen LogP contribution in [0.3, 0.4) is 0 Å². The molecule has 0 aliphatic heterocycles. The third-order valence-corrected chi connectivity index (χ3v) is 2.95. The molecule has 3 nitrogen and oxygen atoms in total. The molecule has 0 amide bonds. The first-order valence-corrected chi connectivity index (χ1v) is 4.94. The molecular formula is C10H17N3. The van der Waals surface area contributed by atoms with Crippen LogP contribution < -0.4 is 5.73 Å². The van der Waals surface area contributed by atoms with Gasteiger partial charge in [0.2, 0.25) is 0 Å². The van der Waals surface area contributed by atoms with Crippen molar-refractivity contribution in [3.63, 3.8) is 0 Å². The highest BCUT2D eigenvalue weighted by molar-refractivity contribution is 5.34. The number of nitrogens with two attached hydrogens (primary N) is 1. The molecule has 0 aromatic carbocycles. The average molecular weight is 179 g/mol. The van der Waals surface area contributed by atoms with Gasteiger partial charge >= 0.3 is 0 Å². The summed E-state index contributed by atoms with van der Waals surface area (Å²) in [6.07, 6.45) is 1.14. The van der Waals surface area contributed by atoms with Crippen LogP contribution in [0.15, 0.2) is 0 Å². The number of aromatic nitrogens is 2. The fourth-order valence-corrected chi connectivity index (χ4v) is 2.10. The lowest BCUT2D eigenvalue weighted by atomic mass is 10.1. The van der Waals surface area contributed by atoms with Crippen LogP contribution in [0, 0.1) is 13.8 Å². The predicted molar refractivity (Wildman–Crippen MR) is 52.7 cm³/mol. The van der Waals surface area contributed by atoms with E-state index in [4.69, 9.17) is 5.73 Å². The van der Waals surface area contributed by atoms with Crippen LogP contribution in [0.2, 0.25) is 0 Å². The minimum absolute atomic E-state index is 0.381. The first-order valence-electron chi connectivity index (χ1n) is 4.94. The van der Waals surface area contributed by atoms with Gasteiger partial charge in [-0.25, -0.2) is 0 Å². The van der Waals surface area contributed by atoms with E-state index in [1.165, 1.54) is 11.3 Å². The summed E-state index contributed by atoms with van der Waals surface area (Å²) < 4.78 is 2.07. The van der Waals surface area contributed by atoms with Crippen molar-refractivity contribution in [2.75, 3.05) is 0 Å². The van der Waals surface area contributed by atoms with Crippen molar-refractivity contribution >= 4 is 0 Å². The molecule has 1 aromatic heterocycles. The van der Waals surface area contributed by atoms with Crippen molar-refractivity contribution in [3.8, 4) is 0 Å². The van der Waals surface area contributed by atoms with Crippen LogP contribution in [-0.4, -0.2) is 15.8 Å². The van der Waals surface area contributed by atoms with Gasteiger partial charge in [-0.05, 0) is 27.2 Å². The Kier molecular flexibility index (Phi) is 1.91. The summed E-state index contributed by atoms with van der Waals surface area (Å²) in [5.74, 6) is 0.584. The number of aryl methyl sites for hydroxylation is 2. The van der Waals surface area contributed by atoms with Crippen LogP contribution in [0.4, 0.5) is 0 Å². The second-order valence-corrected chi connectivity index (χ2v) is 3.91. The lowest BCUT2D eigenvalue weighted by molar-refractivity contribution is 0.633. The van der Waals surface area contributed by atoms with Gasteiger partial charge in [0.15, 0.2) is 0 Å². The van der Waals surface area contributed by atoms with E-state index in [0.717, 1.165) is 18.7 Å². The molecule has 0 unspecified atom stereocenters. The molecule has 1 heterocycles. The molecule has 2 atom stereocenters. The molecule has 0 spiro atoms. The van der Waals surface area contributed by atoms with Crippen LogP contribution in [0.5, 0.6) is 0 Å². The van der Waals surface area contributed by atoms with E-state index in [-0.39, 0.29) is 0 Å². The molecule has 0 bridgehead atoms. The maximum absolute atomic E-state index is 5.85. The number of hydrogen-bond acceptors (Lipinski definition) is 2. The van der Waals surface area contributed by atoms with Crippen LogP contribution in [0.25, 0.3) is 0 Å². The number of nitrogens with zero attached hydrogens (tertiary/aromatic N) is 2. The highest BCUT2D eigenvalue weighted by Gasteiger charge is 2.38. The van der Waals surface area contributed by atoms with E-state index < -0.39 is 0 Å². The van der Waals surface area contributed by atoms with Gasteiger partial charge in [-0.1, -0.05) is 0 Å². The molecule has 0 radical (unpaired) electrons. The second-order valence-electron chi connectivity index (χ2n) is 3.91. The third kappa shape index (κ3) is 1.27. The summed E-state index contributed by atoms with van der Waals surface area (Å²) in [6.45, 7) is 7.30. The zero-order valence-corrected chi connectivity index (χ0v) is 8.54. The Bertz CT molecular complexity index is 327. The predicted octanol–water partition coefficient (Wildman–Crippen LogP) is 1.33. The highest BCUT2D eigenvalue weighted by atomic mass is 15.3. The summed E-state index contributed by atoms with van der Waals surface area (Å²) >= 11 is 0. The van der Waals surface area contributed by atoms with Crippen molar-refractivity contribution in [1.82, 2.24) is 9.78 Å². The van der Waals surface area contributed by atoms with Crippen molar-refractivity contribution in [1.29, 1.82) is 0 Å². The number of hydrogen-bond donors (Lipinski definition) is 1. The normalized spacial score (nSPS) is 26.5. The topological polar surface area (TPSA) is 43.8 Å². The fourth-order valence-electron chi connectivity index (χ4n) is 2.10. The van der Waals surface area contributed by atoms with E-state index in [1.54, 1.807) is 0 Å². The zero-order valence-electron chi connectivity index (χ0n) is 8.54. The van der Waals surface area contributed by atoms with Crippen LogP contribution in [-0.2, 0) is 6.54 Å². The second kappa shape index (κ2) is 2.84. The maximum Gasteiger partial charge on any atom is 0.0631 e. The molecule has 0 saturated heterocycles. The highest BCUT2D eigenvalue weighted by Crippen LogP contribution is 2.41. The standard InChI is InChI=1S/C10H17N3/c1-4-13-7(3)10(6(2)12-13)8-5-9(8)11/h8-9H,4-5,11H2,1-3H3/t8-,9-/m1/s1. The van der Waals surface area contributed by atoms with Gasteiger partial charge in [-0.15, -0.1) is 0 Å². The van der Waals surface area contributed by atoms with Gasteiger partial charge in [0, 0.05) is 29.8 Å². The first kappa shape index (κ1) is 8.75. The first-order chi connectivity index (χ1) is 6.15. The molecule has 1 aliphatic carbocycles. The van der Waals surface area contributed by atoms with Crippen molar-refractivity contribution in [2.24, 2.45) is 5.73 Å². The quantitative estimate of drug-likeness (QED) is 0.744. The van der Waals surface area contributed by atoms with E-state index in [2.05, 4.69) is 30.6 Å². The van der Waals surface area contributed by atoms with Gasteiger partial charge in [-0.3, -0.25) is 4.68 Å². The maximum atomic E-state index is 5.85. The molecule has 1 aliphatic rings. The molecular weight excluding hydrogens is 162 g/mol. The molecule has 1 aromatic rings. The summed E-state index contributed by atoms with van der Waals surface area (Å²) in [4.78, 5) is 0. The van der Waals surface area contributed by atoms with Crippen molar-refractivity contribution in [2.45, 2.75) is 45.7 Å². The molecule has 3 heteroatoms. The zero-order chi connectivity index (χ0) is 9.59. The summed E-state index contributed by atoms with van der Waals surface area (Å²) in [7, 11) is 0. The Balaban J connectivity index is 2.39. The minimum Gasteiger partial charge on any atom is -0.327 e. The van der Waals surface area contributed by atoms with Crippen molar-refractivity contribution in [3.05, 3.63) is 17.0 Å². The Morgan fingerprint density at radius 2 is 2.15 bits per heavy atom. The monoisotopic (exact) mass is 179 g/mol. The van der Waals surface area contributed by atoms with Gasteiger partial charge < -0.3 is 5.73 Å². The SMILES string of the molecule is CCn1nc(C)c([C@@H]2C[C@H]2N)c1C. The van der Waals surface area contributed by atoms with Crippen molar-refractivity contribution < 1.29 is 0 Å². The summed E-state index contributed by atoms with van der Waals surface area (Å²) in [6, 6.07) is 0.381. The smallest absolute Gasteiger partial charge is 0.0631 e. The van der Waals surface area contributed by atoms with Crippen LogP contribution in [0.1, 0.15) is 36.2 Å². The third-order valence-electron chi connectivity index (χ3n) is 2.95. The largest absolute Gasteiger partial charge is 0.327 e. The lowest BCUT2D eigenvalue weighted by Crippen LogP contribution is -2.03. The lowest BCUT2D eigenvalue weighted by Gasteiger charge is -2.00. The number of rotatable bonds is 2. The summed E-state index contributed by atoms with van der Waals surface area (Å²) in [5.41, 5.74) is 9.72. The van der Waals surface area contributed by atoms with Crippen LogP contribution >= 0.6 is 0 Å². The van der Waals surface area contributed by atoms with Gasteiger partial charge in [0.25, 0.3) is 0 Å². The molecule has 72 valence electrons. The van der Waals surface area contributed by atoms with E-state index in [0.29, 0.717) is 12.0 Å². The molecule has 13 heavy (non-hydrogen) atoms. The summed E-state index contributed by atoms with van der Waals surface area (Å²) in [5, 5.41) is 4.49. The minimum atomic E-state index is 0.381. The van der Waals surface area contributed by atoms with Gasteiger partial charge in [0.1, 0.15) is 0 Å². The molecule has 1 fully saturated rings. The average Bonchev–Trinajstić information content (AvgIpc) is 2.70. The molecule has 1 saturated carbocycles. The Hall–Kier alpha value is -0.830. The Labute approximate surface area is 78.9 Å². The van der Waals surface area contributed by atoms with Gasteiger partial charge in [-0.2, -0.15) is 5.10 Å². The Morgan fingerprint density at radius 1 is 1.54 bits per heavy atom. The van der Waals surface area contributed by atoms with E-state index in [9.17, 15) is 0 Å². The van der Waals surface area contributed by atoms with Gasteiger partial charge in [0.05, 0.1) is 5.69 Å². The Morgan fingerprint density at radius 3 is 2.54 bits per heavy atom.